The standard InChI is InChI=1S/C13H19N3O/c1-10(11-3-2-4-14-6-11)5-13(17)12-7-15-9-16-8-12/h7-11,14H,2-6H2,1H3. The molecule has 0 bridgehead atoms. The Morgan fingerprint density at radius 3 is 2.94 bits per heavy atom. The second kappa shape index (κ2) is 5.87. The van der Waals surface area contributed by atoms with Crippen molar-refractivity contribution in [1.29, 1.82) is 0 Å². The molecule has 2 unspecified atom stereocenters. The van der Waals surface area contributed by atoms with E-state index >= 15 is 0 Å². The van der Waals surface area contributed by atoms with E-state index in [-0.39, 0.29) is 5.78 Å². The number of nitrogens with zero attached hydrogens (tertiary/aromatic N) is 2. The molecule has 17 heavy (non-hydrogen) atoms. The van der Waals surface area contributed by atoms with Crippen molar-refractivity contribution in [2.75, 3.05) is 13.1 Å². The summed E-state index contributed by atoms with van der Waals surface area (Å²) in [5, 5.41) is 3.39. The fourth-order valence-corrected chi connectivity index (χ4v) is 2.38. The highest BCUT2D eigenvalue weighted by Crippen LogP contribution is 2.23. The average Bonchev–Trinajstić information content (AvgIpc) is 2.40. The minimum absolute atomic E-state index is 0.156. The van der Waals surface area contributed by atoms with E-state index in [9.17, 15) is 4.79 Å². The molecule has 2 atom stereocenters. The first-order valence-corrected chi connectivity index (χ1v) is 6.26. The molecule has 0 aromatic carbocycles. The van der Waals surface area contributed by atoms with Crippen molar-refractivity contribution < 1.29 is 4.79 Å². The molecule has 1 aromatic heterocycles. The summed E-state index contributed by atoms with van der Waals surface area (Å²) in [5.41, 5.74) is 0.628. The first-order valence-electron chi connectivity index (χ1n) is 6.26. The van der Waals surface area contributed by atoms with Gasteiger partial charge in [-0.15, -0.1) is 0 Å². The van der Waals surface area contributed by atoms with Crippen LogP contribution in [0.1, 0.15) is 36.5 Å². The maximum Gasteiger partial charge on any atom is 0.166 e. The summed E-state index contributed by atoms with van der Waals surface area (Å²) in [6, 6.07) is 0. The monoisotopic (exact) mass is 233 g/mol. The molecule has 0 saturated carbocycles. The Morgan fingerprint density at radius 2 is 2.29 bits per heavy atom. The second-order valence-corrected chi connectivity index (χ2v) is 4.84. The van der Waals surface area contributed by atoms with E-state index in [1.54, 1.807) is 12.4 Å². The van der Waals surface area contributed by atoms with Crippen LogP contribution in [0.5, 0.6) is 0 Å². The Balaban J connectivity index is 1.89. The van der Waals surface area contributed by atoms with Gasteiger partial charge in [0.1, 0.15) is 6.33 Å². The van der Waals surface area contributed by atoms with Gasteiger partial charge in [-0.05, 0) is 37.8 Å². The number of ketones is 1. The number of rotatable bonds is 4. The maximum atomic E-state index is 12.0. The first-order chi connectivity index (χ1) is 8.27. The smallest absolute Gasteiger partial charge is 0.166 e. The summed E-state index contributed by atoms with van der Waals surface area (Å²) in [6.45, 7) is 4.32. The molecule has 1 saturated heterocycles. The minimum Gasteiger partial charge on any atom is -0.316 e. The Hall–Kier alpha value is -1.29. The zero-order chi connectivity index (χ0) is 12.1. The maximum absolute atomic E-state index is 12.0. The van der Waals surface area contributed by atoms with Gasteiger partial charge in [0.25, 0.3) is 0 Å². The second-order valence-electron chi connectivity index (χ2n) is 4.84. The normalized spacial score (nSPS) is 22.1. The van der Waals surface area contributed by atoms with Crippen LogP contribution in [0, 0.1) is 11.8 Å². The van der Waals surface area contributed by atoms with Crippen molar-refractivity contribution in [1.82, 2.24) is 15.3 Å². The van der Waals surface area contributed by atoms with Crippen LogP contribution in [0.25, 0.3) is 0 Å². The van der Waals surface area contributed by atoms with Gasteiger partial charge in [0.15, 0.2) is 5.78 Å². The van der Waals surface area contributed by atoms with Gasteiger partial charge in [-0.25, -0.2) is 9.97 Å². The number of aromatic nitrogens is 2. The van der Waals surface area contributed by atoms with Gasteiger partial charge in [0.05, 0.1) is 5.56 Å². The largest absolute Gasteiger partial charge is 0.316 e. The van der Waals surface area contributed by atoms with Crippen LogP contribution in [-0.2, 0) is 0 Å². The lowest BCUT2D eigenvalue weighted by Crippen LogP contribution is -2.34. The number of carbonyl (C=O) groups excluding carboxylic acids is 1. The van der Waals surface area contributed by atoms with Crippen LogP contribution >= 0.6 is 0 Å². The highest BCUT2D eigenvalue weighted by molar-refractivity contribution is 5.95. The Kier molecular flexibility index (Phi) is 4.20. The van der Waals surface area contributed by atoms with Crippen LogP contribution < -0.4 is 5.32 Å². The quantitative estimate of drug-likeness (QED) is 0.804. The van der Waals surface area contributed by atoms with Crippen LogP contribution in [0.4, 0.5) is 0 Å². The summed E-state index contributed by atoms with van der Waals surface area (Å²) in [5.74, 6) is 1.21. The van der Waals surface area contributed by atoms with Gasteiger partial charge in [0, 0.05) is 18.8 Å². The highest BCUT2D eigenvalue weighted by Gasteiger charge is 2.22. The van der Waals surface area contributed by atoms with E-state index in [0.29, 0.717) is 23.8 Å². The van der Waals surface area contributed by atoms with Crippen LogP contribution in [-0.4, -0.2) is 28.8 Å². The summed E-state index contributed by atoms with van der Waals surface area (Å²) in [4.78, 5) is 19.8. The van der Waals surface area contributed by atoms with E-state index in [4.69, 9.17) is 0 Å². The van der Waals surface area contributed by atoms with Gasteiger partial charge in [-0.2, -0.15) is 0 Å². The molecule has 1 fully saturated rings. The fourth-order valence-electron chi connectivity index (χ4n) is 2.38. The van der Waals surface area contributed by atoms with Crippen molar-refractivity contribution in [3.8, 4) is 0 Å². The van der Waals surface area contributed by atoms with E-state index in [2.05, 4.69) is 22.2 Å². The highest BCUT2D eigenvalue weighted by atomic mass is 16.1. The van der Waals surface area contributed by atoms with Crippen LogP contribution in [0.2, 0.25) is 0 Å². The zero-order valence-electron chi connectivity index (χ0n) is 10.2. The lowest BCUT2D eigenvalue weighted by atomic mass is 9.84. The number of carbonyl (C=O) groups is 1. The SMILES string of the molecule is CC(CC(=O)c1cncnc1)C1CCCNC1. The summed E-state index contributed by atoms with van der Waals surface area (Å²) in [7, 11) is 0. The number of hydrogen-bond acceptors (Lipinski definition) is 4. The van der Waals surface area contributed by atoms with Crippen molar-refractivity contribution in [2.24, 2.45) is 11.8 Å². The van der Waals surface area contributed by atoms with Crippen molar-refractivity contribution in [3.63, 3.8) is 0 Å². The number of hydrogen-bond donors (Lipinski definition) is 1. The summed E-state index contributed by atoms with van der Waals surface area (Å²) < 4.78 is 0. The predicted molar refractivity (Wildman–Crippen MR) is 65.7 cm³/mol. The van der Waals surface area contributed by atoms with Gasteiger partial charge in [0.2, 0.25) is 0 Å². The van der Waals surface area contributed by atoms with Crippen LogP contribution in [0.15, 0.2) is 18.7 Å². The number of nitrogens with one attached hydrogen (secondary N) is 1. The zero-order valence-corrected chi connectivity index (χ0v) is 10.2. The van der Waals surface area contributed by atoms with E-state index in [1.165, 1.54) is 19.2 Å². The molecule has 2 heterocycles. The van der Waals surface area contributed by atoms with Crippen molar-refractivity contribution in [2.45, 2.75) is 26.2 Å². The average molecular weight is 233 g/mol. The Morgan fingerprint density at radius 1 is 1.53 bits per heavy atom. The molecule has 1 aromatic rings. The number of piperidine rings is 1. The minimum atomic E-state index is 0.156. The first kappa shape index (κ1) is 12.2. The Bertz CT molecular complexity index is 360. The molecule has 0 aliphatic carbocycles. The lowest BCUT2D eigenvalue weighted by Gasteiger charge is -2.27. The summed E-state index contributed by atoms with van der Waals surface area (Å²) >= 11 is 0. The molecule has 92 valence electrons. The van der Waals surface area contributed by atoms with E-state index in [1.807, 2.05) is 0 Å². The Labute approximate surface area is 102 Å². The molecular formula is C13H19N3O. The van der Waals surface area contributed by atoms with Gasteiger partial charge in [-0.1, -0.05) is 6.92 Å². The summed E-state index contributed by atoms with van der Waals surface area (Å²) in [6.07, 6.45) is 7.69. The molecule has 4 nitrogen and oxygen atoms in total. The molecule has 4 heteroatoms. The van der Waals surface area contributed by atoms with E-state index < -0.39 is 0 Å². The molecule has 0 radical (unpaired) electrons. The van der Waals surface area contributed by atoms with Crippen LogP contribution in [0.3, 0.4) is 0 Å². The third kappa shape index (κ3) is 3.33. The van der Waals surface area contributed by atoms with Crippen molar-refractivity contribution >= 4 is 5.78 Å². The third-order valence-corrected chi connectivity index (χ3v) is 3.53. The van der Waals surface area contributed by atoms with Gasteiger partial charge >= 0.3 is 0 Å². The molecule has 1 aliphatic rings. The van der Waals surface area contributed by atoms with Crippen molar-refractivity contribution in [3.05, 3.63) is 24.3 Å². The molecule has 1 N–H and O–H groups in total. The topological polar surface area (TPSA) is 54.9 Å². The molecule has 2 rings (SSSR count). The predicted octanol–water partition coefficient (Wildman–Crippen LogP) is 1.69. The third-order valence-electron chi connectivity index (χ3n) is 3.53. The lowest BCUT2D eigenvalue weighted by molar-refractivity contribution is 0.0942. The van der Waals surface area contributed by atoms with Gasteiger partial charge in [-0.3, -0.25) is 4.79 Å². The molecule has 0 spiro atoms. The van der Waals surface area contributed by atoms with E-state index in [0.717, 1.165) is 13.1 Å². The molecule has 0 amide bonds. The molecular weight excluding hydrogens is 214 g/mol. The fraction of sp³-hybridized carbons (Fsp3) is 0.615. The van der Waals surface area contributed by atoms with Gasteiger partial charge < -0.3 is 5.32 Å². The molecule has 1 aliphatic heterocycles. The number of Topliss-reactive ketones (excluding diaryl/α,β-unsaturated/α-hetero) is 1.